The lowest BCUT2D eigenvalue weighted by atomic mass is 9.83. The van der Waals surface area contributed by atoms with Crippen LogP contribution >= 0.6 is 0 Å². The molecule has 0 aliphatic heterocycles. The second kappa shape index (κ2) is 8.13. The molecule has 2 heterocycles. The third-order valence-electron chi connectivity index (χ3n) is 6.34. The van der Waals surface area contributed by atoms with Gasteiger partial charge in [-0.05, 0) is 44.6 Å². The maximum atomic E-state index is 12.3. The van der Waals surface area contributed by atoms with E-state index in [1.165, 1.54) is 44.7 Å². The number of nitrogens with zero attached hydrogens (tertiary/aromatic N) is 2. The zero-order valence-electron chi connectivity index (χ0n) is 17.6. The molecule has 0 bridgehead atoms. The predicted molar refractivity (Wildman–Crippen MR) is 113 cm³/mol. The lowest BCUT2D eigenvalue weighted by molar-refractivity contribution is -0.144. The number of rotatable bonds is 6. The third kappa shape index (κ3) is 3.68. The quantitative estimate of drug-likeness (QED) is 0.757. The molecule has 160 valence electrons. The number of aliphatic carboxylic acids is 1. The first-order valence-corrected chi connectivity index (χ1v) is 10.8. The minimum atomic E-state index is -1.06. The Labute approximate surface area is 175 Å². The lowest BCUT2D eigenvalue weighted by Crippen LogP contribution is -2.24. The van der Waals surface area contributed by atoms with Crippen molar-refractivity contribution in [1.82, 2.24) is 9.38 Å². The monoisotopic (exact) mass is 411 g/mol. The van der Waals surface area contributed by atoms with Crippen molar-refractivity contribution >= 4 is 23.0 Å². The van der Waals surface area contributed by atoms with Crippen molar-refractivity contribution < 1.29 is 19.4 Å². The van der Waals surface area contributed by atoms with Crippen LogP contribution in [0.5, 0.6) is 5.88 Å². The number of carbonyl (C=O) groups is 2. The summed E-state index contributed by atoms with van der Waals surface area (Å²) in [6, 6.07) is 0. The number of primary amides is 1. The molecule has 0 saturated heterocycles. The highest BCUT2D eigenvalue weighted by atomic mass is 16.5. The Bertz CT molecular complexity index is 1030. The molecule has 7 heteroatoms. The normalized spacial score (nSPS) is 18.0. The Morgan fingerprint density at radius 1 is 1.33 bits per heavy atom. The molecule has 1 amide bonds. The molecule has 2 aliphatic carbocycles. The molecule has 3 N–H and O–H groups in total. The van der Waals surface area contributed by atoms with E-state index in [4.69, 9.17) is 10.5 Å². The lowest BCUT2D eigenvalue weighted by Gasteiger charge is -2.22. The smallest absolute Gasteiger partial charge is 0.344 e. The molecule has 2 aromatic rings. The summed E-state index contributed by atoms with van der Waals surface area (Å²) in [6.07, 6.45) is 11.5. The number of carboxylic acids is 1. The minimum absolute atomic E-state index is 0.241. The van der Waals surface area contributed by atoms with E-state index >= 15 is 0 Å². The van der Waals surface area contributed by atoms with Crippen molar-refractivity contribution in [1.29, 1.82) is 0 Å². The van der Waals surface area contributed by atoms with Crippen molar-refractivity contribution in [2.24, 2.45) is 11.7 Å². The van der Waals surface area contributed by atoms with Crippen LogP contribution in [0.15, 0.2) is 12.3 Å². The fourth-order valence-corrected chi connectivity index (χ4v) is 4.90. The Morgan fingerprint density at radius 3 is 2.73 bits per heavy atom. The molecule has 1 unspecified atom stereocenters. The van der Waals surface area contributed by atoms with Crippen LogP contribution in [-0.2, 0) is 22.4 Å². The fourth-order valence-electron chi connectivity index (χ4n) is 4.90. The van der Waals surface area contributed by atoms with Crippen LogP contribution in [0, 0.1) is 12.8 Å². The van der Waals surface area contributed by atoms with Crippen LogP contribution in [0.3, 0.4) is 0 Å². The van der Waals surface area contributed by atoms with E-state index in [0.29, 0.717) is 17.0 Å². The highest BCUT2D eigenvalue weighted by molar-refractivity contribution is 6.22. The van der Waals surface area contributed by atoms with E-state index in [2.05, 4.69) is 9.38 Å². The molecule has 30 heavy (non-hydrogen) atoms. The summed E-state index contributed by atoms with van der Waals surface area (Å²) in [5.74, 6) is -0.694. The molecule has 1 fully saturated rings. The number of amides is 1. The standard InChI is InChI=1S/C23H29N3O4/c1-13-12-26-18(11-15-7-4-3-5-8-15)16-9-6-10-17(21(24)27)19(16)20(26)22(25-13)30-14(2)23(28)29/h10,12,14-15H,3-9,11H2,1-2H3,(H2,24,27)(H,28,29). The number of nitrogens with two attached hydrogens (primary N) is 1. The molecule has 0 spiro atoms. The number of hydrogen-bond donors (Lipinski definition) is 2. The van der Waals surface area contributed by atoms with Crippen LogP contribution in [0.4, 0.5) is 0 Å². The van der Waals surface area contributed by atoms with Gasteiger partial charge in [0.2, 0.25) is 11.8 Å². The van der Waals surface area contributed by atoms with Crippen LogP contribution in [0.2, 0.25) is 0 Å². The summed E-state index contributed by atoms with van der Waals surface area (Å²) in [7, 11) is 0. The van der Waals surface area contributed by atoms with Gasteiger partial charge in [0.1, 0.15) is 5.52 Å². The van der Waals surface area contributed by atoms with Gasteiger partial charge in [0.05, 0.1) is 5.69 Å². The average molecular weight is 412 g/mol. The number of fused-ring (bicyclic) bond motifs is 3. The second-order valence-electron chi connectivity index (χ2n) is 8.53. The zero-order chi connectivity index (χ0) is 21.4. The summed E-state index contributed by atoms with van der Waals surface area (Å²) in [5, 5.41) is 9.34. The Morgan fingerprint density at radius 2 is 2.07 bits per heavy atom. The van der Waals surface area contributed by atoms with Crippen LogP contribution in [0.25, 0.3) is 11.1 Å². The fraction of sp³-hybridized carbons (Fsp3) is 0.522. The van der Waals surface area contributed by atoms with Gasteiger partial charge in [0.25, 0.3) is 0 Å². The average Bonchev–Trinajstić information content (AvgIpc) is 3.02. The van der Waals surface area contributed by atoms with Crippen molar-refractivity contribution in [3.8, 4) is 5.88 Å². The van der Waals surface area contributed by atoms with Gasteiger partial charge in [-0.3, -0.25) is 4.79 Å². The number of allylic oxidation sites excluding steroid dienone is 1. The second-order valence-corrected chi connectivity index (χ2v) is 8.53. The minimum Gasteiger partial charge on any atom is -0.479 e. The number of hydrogen-bond acceptors (Lipinski definition) is 4. The highest BCUT2D eigenvalue weighted by Gasteiger charge is 2.31. The van der Waals surface area contributed by atoms with Gasteiger partial charge in [0, 0.05) is 23.0 Å². The number of carbonyl (C=O) groups excluding carboxylic acids is 1. The van der Waals surface area contributed by atoms with Gasteiger partial charge in [-0.15, -0.1) is 0 Å². The molecule has 0 radical (unpaired) electrons. The highest BCUT2D eigenvalue weighted by Crippen LogP contribution is 2.40. The van der Waals surface area contributed by atoms with E-state index in [9.17, 15) is 14.7 Å². The third-order valence-corrected chi connectivity index (χ3v) is 6.34. The molecule has 1 atom stereocenters. The number of aromatic nitrogens is 2. The van der Waals surface area contributed by atoms with E-state index in [1.54, 1.807) is 0 Å². The van der Waals surface area contributed by atoms with Gasteiger partial charge in [-0.1, -0.05) is 38.2 Å². The Balaban J connectivity index is 1.93. The number of carboxylic acid groups (broad SMARTS) is 1. The molecule has 7 nitrogen and oxygen atoms in total. The first kappa shape index (κ1) is 20.4. The first-order chi connectivity index (χ1) is 14.4. The largest absolute Gasteiger partial charge is 0.479 e. The molecule has 0 aromatic carbocycles. The molecule has 2 aromatic heterocycles. The van der Waals surface area contributed by atoms with Gasteiger partial charge < -0.3 is 20.0 Å². The molecule has 4 rings (SSSR count). The van der Waals surface area contributed by atoms with Crippen LogP contribution in [-0.4, -0.2) is 32.5 Å². The van der Waals surface area contributed by atoms with E-state index in [0.717, 1.165) is 36.1 Å². The molecular weight excluding hydrogens is 382 g/mol. The summed E-state index contributed by atoms with van der Waals surface area (Å²) < 4.78 is 7.83. The zero-order valence-corrected chi connectivity index (χ0v) is 17.6. The van der Waals surface area contributed by atoms with E-state index in [1.807, 2.05) is 19.2 Å². The summed E-state index contributed by atoms with van der Waals surface area (Å²) in [5.41, 5.74) is 10.6. The SMILES string of the molecule is Cc1cn2c(CC3CCCCC3)c3c(c2c(OC(C)C(=O)O)n1)C(C(N)=O)=CCC3. The molecule has 1 saturated carbocycles. The van der Waals surface area contributed by atoms with E-state index in [-0.39, 0.29) is 5.88 Å². The summed E-state index contributed by atoms with van der Waals surface area (Å²) >= 11 is 0. The number of ether oxygens (including phenoxy) is 1. The van der Waals surface area contributed by atoms with Crippen LogP contribution in [0.1, 0.15) is 68.0 Å². The predicted octanol–water partition coefficient (Wildman–Crippen LogP) is 3.43. The maximum Gasteiger partial charge on any atom is 0.344 e. The van der Waals surface area contributed by atoms with E-state index < -0.39 is 18.0 Å². The summed E-state index contributed by atoms with van der Waals surface area (Å²) in [6.45, 7) is 3.35. The maximum absolute atomic E-state index is 12.3. The van der Waals surface area contributed by atoms with Crippen LogP contribution < -0.4 is 10.5 Å². The van der Waals surface area contributed by atoms with Gasteiger partial charge >= 0.3 is 5.97 Å². The first-order valence-electron chi connectivity index (χ1n) is 10.8. The number of aryl methyl sites for hydroxylation is 1. The topological polar surface area (TPSA) is 107 Å². The van der Waals surface area contributed by atoms with Crippen molar-refractivity contribution in [2.75, 3.05) is 0 Å². The van der Waals surface area contributed by atoms with Gasteiger partial charge in [-0.25, -0.2) is 9.78 Å². The van der Waals surface area contributed by atoms with Crippen molar-refractivity contribution in [2.45, 2.75) is 71.3 Å². The van der Waals surface area contributed by atoms with Crippen molar-refractivity contribution in [3.63, 3.8) is 0 Å². The van der Waals surface area contributed by atoms with Gasteiger partial charge in [0.15, 0.2) is 6.10 Å². The van der Waals surface area contributed by atoms with Crippen molar-refractivity contribution in [3.05, 3.63) is 34.8 Å². The summed E-state index contributed by atoms with van der Waals surface area (Å²) in [4.78, 5) is 28.2. The molecule has 2 aliphatic rings. The van der Waals surface area contributed by atoms with Gasteiger partial charge in [-0.2, -0.15) is 0 Å². The molecular formula is C23H29N3O4. The Kier molecular flexibility index (Phi) is 5.54. The Hall–Kier alpha value is -2.83.